The van der Waals surface area contributed by atoms with Gasteiger partial charge in [0, 0.05) is 18.3 Å². The van der Waals surface area contributed by atoms with Crippen LogP contribution in [0.4, 0.5) is 5.69 Å². The summed E-state index contributed by atoms with van der Waals surface area (Å²) in [6.07, 6.45) is 1.67. The maximum atomic E-state index is 12.1. The molecule has 0 bridgehead atoms. The van der Waals surface area contributed by atoms with E-state index in [1.54, 1.807) is 18.3 Å². The molecule has 0 atom stereocenters. The Bertz CT molecular complexity index is 1080. The van der Waals surface area contributed by atoms with E-state index in [0.717, 1.165) is 5.56 Å². The number of rotatable bonds is 6. The summed E-state index contributed by atoms with van der Waals surface area (Å²) >= 11 is 0. The first-order valence-electron chi connectivity index (χ1n) is 7.95. The number of nitrogens with zero attached hydrogens (tertiary/aromatic N) is 3. The standard InChI is InChI=1S/C18H15N3O6/c1-12-6-7-16-19-13(8-17(22)20(16)9-12)10-27-18(23)11-26-15-5-3-2-4-14(15)21(24)25/h2-9H,10-11H2,1H3. The van der Waals surface area contributed by atoms with Crippen LogP contribution in [-0.2, 0) is 16.1 Å². The van der Waals surface area contributed by atoms with E-state index in [9.17, 15) is 19.7 Å². The van der Waals surface area contributed by atoms with Gasteiger partial charge in [-0.1, -0.05) is 18.2 Å². The van der Waals surface area contributed by atoms with Crippen LogP contribution >= 0.6 is 0 Å². The molecule has 0 fully saturated rings. The summed E-state index contributed by atoms with van der Waals surface area (Å²) in [5.41, 5.74) is 1.12. The van der Waals surface area contributed by atoms with E-state index >= 15 is 0 Å². The highest BCUT2D eigenvalue weighted by molar-refractivity contribution is 5.71. The Balaban J connectivity index is 1.63. The Morgan fingerprint density at radius 3 is 2.81 bits per heavy atom. The fraction of sp³-hybridized carbons (Fsp3) is 0.167. The topological polar surface area (TPSA) is 113 Å². The molecule has 0 unspecified atom stereocenters. The maximum Gasteiger partial charge on any atom is 0.344 e. The van der Waals surface area contributed by atoms with Gasteiger partial charge in [-0.05, 0) is 24.6 Å². The van der Waals surface area contributed by atoms with Gasteiger partial charge in [0.2, 0.25) is 0 Å². The van der Waals surface area contributed by atoms with Crippen LogP contribution in [0.2, 0.25) is 0 Å². The van der Waals surface area contributed by atoms with E-state index in [2.05, 4.69) is 4.98 Å². The summed E-state index contributed by atoms with van der Waals surface area (Å²) in [6, 6.07) is 10.5. The monoisotopic (exact) mass is 369 g/mol. The Morgan fingerprint density at radius 2 is 2.04 bits per heavy atom. The van der Waals surface area contributed by atoms with E-state index in [4.69, 9.17) is 9.47 Å². The maximum absolute atomic E-state index is 12.1. The van der Waals surface area contributed by atoms with Crippen molar-refractivity contribution in [2.45, 2.75) is 13.5 Å². The Labute approximate surface area is 152 Å². The first kappa shape index (κ1) is 18.1. The van der Waals surface area contributed by atoms with E-state index < -0.39 is 17.5 Å². The number of fused-ring (bicyclic) bond motifs is 1. The lowest BCUT2D eigenvalue weighted by molar-refractivity contribution is -0.385. The lowest BCUT2D eigenvalue weighted by Crippen LogP contribution is -2.19. The van der Waals surface area contributed by atoms with Crippen molar-refractivity contribution in [3.05, 3.63) is 80.4 Å². The number of aromatic nitrogens is 2. The zero-order valence-corrected chi connectivity index (χ0v) is 14.3. The number of ether oxygens (including phenoxy) is 2. The molecule has 2 aromatic heterocycles. The minimum atomic E-state index is -0.737. The second-order valence-electron chi connectivity index (χ2n) is 5.69. The number of hydrogen-bond donors (Lipinski definition) is 0. The average Bonchev–Trinajstić information content (AvgIpc) is 2.65. The lowest BCUT2D eigenvalue weighted by atomic mass is 10.3. The zero-order chi connectivity index (χ0) is 19.4. The Kier molecular flexibility index (Phi) is 5.11. The molecule has 3 rings (SSSR count). The van der Waals surface area contributed by atoms with E-state index in [1.165, 1.54) is 28.7 Å². The third-order valence-electron chi connectivity index (χ3n) is 3.65. The van der Waals surface area contributed by atoms with E-state index in [0.29, 0.717) is 11.3 Å². The van der Waals surface area contributed by atoms with Crippen molar-refractivity contribution in [3.8, 4) is 5.75 Å². The molecule has 0 spiro atoms. The number of esters is 1. The number of carbonyl (C=O) groups excluding carboxylic acids is 1. The zero-order valence-electron chi connectivity index (χ0n) is 14.3. The first-order chi connectivity index (χ1) is 12.9. The van der Waals surface area contributed by atoms with E-state index in [-0.39, 0.29) is 23.6 Å². The average molecular weight is 369 g/mol. The molecule has 138 valence electrons. The van der Waals surface area contributed by atoms with Crippen LogP contribution in [0, 0.1) is 17.0 Å². The van der Waals surface area contributed by atoms with Crippen LogP contribution in [-0.4, -0.2) is 26.9 Å². The highest BCUT2D eigenvalue weighted by Crippen LogP contribution is 2.25. The molecule has 3 aromatic rings. The molecule has 9 heteroatoms. The summed E-state index contributed by atoms with van der Waals surface area (Å²) in [5.74, 6) is -0.768. The third-order valence-corrected chi connectivity index (χ3v) is 3.65. The molecule has 0 radical (unpaired) electrons. The number of nitro groups is 1. The minimum Gasteiger partial charge on any atom is -0.475 e. The number of benzene rings is 1. The van der Waals surface area contributed by atoms with Crippen molar-refractivity contribution in [1.82, 2.24) is 9.38 Å². The summed E-state index contributed by atoms with van der Waals surface area (Å²) in [6.45, 7) is 1.15. The molecule has 1 aromatic carbocycles. The van der Waals surface area contributed by atoms with Crippen LogP contribution in [0.1, 0.15) is 11.3 Å². The second kappa shape index (κ2) is 7.65. The molecule has 0 aliphatic carbocycles. The molecule has 0 aliphatic rings. The van der Waals surface area contributed by atoms with Crippen molar-refractivity contribution >= 4 is 17.3 Å². The van der Waals surface area contributed by atoms with Crippen molar-refractivity contribution in [1.29, 1.82) is 0 Å². The highest BCUT2D eigenvalue weighted by atomic mass is 16.6. The number of para-hydroxylation sites is 2. The van der Waals surface area contributed by atoms with E-state index in [1.807, 2.05) is 13.0 Å². The van der Waals surface area contributed by atoms with Gasteiger partial charge < -0.3 is 9.47 Å². The van der Waals surface area contributed by atoms with Gasteiger partial charge in [-0.25, -0.2) is 9.78 Å². The SMILES string of the molecule is Cc1ccc2nc(COC(=O)COc3ccccc3[N+](=O)[O-])cc(=O)n2c1. The van der Waals surface area contributed by atoms with Crippen LogP contribution < -0.4 is 10.3 Å². The predicted octanol–water partition coefficient (Wildman–Crippen LogP) is 2.03. The number of carbonyl (C=O) groups is 1. The predicted molar refractivity (Wildman–Crippen MR) is 94.6 cm³/mol. The molecule has 9 nitrogen and oxygen atoms in total. The lowest BCUT2D eigenvalue weighted by Gasteiger charge is -2.08. The largest absolute Gasteiger partial charge is 0.475 e. The van der Waals surface area contributed by atoms with Crippen LogP contribution in [0.25, 0.3) is 5.65 Å². The van der Waals surface area contributed by atoms with Gasteiger partial charge in [0.1, 0.15) is 12.3 Å². The van der Waals surface area contributed by atoms with Crippen LogP contribution in [0.3, 0.4) is 0 Å². The van der Waals surface area contributed by atoms with Gasteiger partial charge in [0.05, 0.1) is 10.6 Å². The molecular formula is C18H15N3O6. The number of aryl methyl sites for hydroxylation is 1. The number of hydrogen-bond acceptors (Lipinski definition) is 7. The van der Waals surface area contributed by atoms with Crippen molar-refractivity contribution in [3.63, 3.8) is 0 Å². The normalized spacial score (nSPS) is 10.6. The Morgan fingerprint density at radius 1 is 1.26 bits per heavy atom. The number of pyridine rings is 1. The summed E-state index contributed by atoms with van der Waals surface area (Å²) < 4.78 is 11.6. The minimum absolute atomic E-state index is 0.0307. The first-order valence-corrected chi connectivity index (χ1v) is 7.95. The second-order valence-corrected chi connectivity index (χ2v) is 5.69. The van der Waals surface area contributed by atoms with Gasteiger partial charge in [-0.15, -0.1) is 0 Å². The Hall–Kier alpha value is -3.75. The van der Waals surface area contributed by atoms with Gasteiger partial charge in [0.15, 0.2) is 12.4 Å². The third kappa shape index (κ3) is 4.27. The van der Waals surface area contributed by atoms with Crippen LogP contribution in [0.15, 0.2) is 53.5 Å². The van der Waals surface area contributed by atoms with Crippen molar-refractivity contribution in [2.24, 2.45) is 0 Å². The van der Waals surface area contributed by atoms with Crippen LogP contribution in [0.5, 0.6) is 5.75 Å². The summed E-state index contributed by atoms with van der Waals surface area (Å²) in [7, 11) is 0. The van der Waals surface area contributed by atoms with Gasteiger partial charge in [-0.3, -0.25) is 19.3 Å². The van der Waals surface area contributed by atoms with Gasteiger partial charge in [-0.2, -0.15) is 0 Å². The van der Waals surface area contributed by atoms with Gasteiger partial charge >= 0.3 is 11.7 Å². The molecule has 27 heavy (non-hydrogen) atoms. The fourth-order valence-electron chi connectivity index (χ4n) is 2.39. The number of nitro benzene ring substituents is 1. The summed E-state index contributed by atoms with van der Waals surface area (Å²) in [4.78, 5) is 38.5. The molecular weight excluding hydrogens is 354 g/mol. The highest BCUT2D eigenvalue weighted by Gasteiger charge is 2.15. The fourth-order valence-corrected chi connectivity index (χ4v) is 2.39. The van der Waals surface area contributed by atoms with Crippen molar-refractivity contribution in [2.75, 3.05) is 6.61 Å². The molecule has 0 amide bonds. The molecule has 0 saturated heterocycles. The van der Waals surface area contributed by atoms with Crippen molar-refractivity contribution < 1.29 is 19.2 Å². The molecule has 0 aliphatic heterocycles. The smallest absolute Gasteiger partial charge is 0.344 e. The molecule has 0 saturated carbocycles. The summed E-state index contributed by atoms with van der Waals surface area (Å²) in [5, 5.41) is 10.9. The quantitative estimate of drug-likeness (QED) is 0.371. The molecule has 0 N–H and O–H groups in total. The van der Waals surface area contributed by atoms with Gasteiger partial charge in [0.25, 0.3) is 5.56 Å². The molecule has 2 heterocycles.